The number of hydrogen-bond acceptors (Lipinski definition) is 3. The molecule has 0 saturated carbocycles. The molecule has 120 valence electrons. The Balaban J connectivity index is 2.12. The Labute approximate surface area is 142 Å². The summed E-state index contributed by atoms with van der Waals surface area (Å²) in [5, 5.41) is 9.65. The van der Waals surface area contributed by atoms with E-state index in [0.717, 1.165) is 0 Å². The normalized spacial score (nSPS) is 15.6. The summed E-state index contributed by atoms with van der Waals surface area (Å²) in [6, 6.07) is 10.8. The van der Waals surface area contributed by atoms with Crippen LogP contribution in [0.15, 0.2) is 48.0 Å². The number of carbonyl (C=O) groups is 3. The number of carbonyl (C=O) groups excluding carboxylic acids is 2. The van der Waals surface area contributed by atoms with Crippen LogP contribution < -0.4 is 4.90 Å². The minimum Gasteiger partial charge on any atom is -0.478 e. The molecule has 2 aromatic rings. The Bertz CT molecular complexity index is 900. The van der Waals surface area contributed by atoms with Crippen LogP contribution in [-0.2, 0) is 4.79 Å². The fourth-order valence-corrected chi connectivity index (χ4v) is 2.65. The van der Waals surface area contributed by atoms with Gasteiger partial charge in [-0.15, -0.1) is 0 Å². The number of rotatable bonds is 2. The van der Waals surface area contributed by atoms with Gasteiger partial charge in [0.2, 0.25) is 5.78 Å². The number of amides is 1. The number of carboxylic acid groups (broad SMARTS) is 1. The van der Waals surface area contributed by atoms with Crippen LogP contribution in [0.3, 0.4) is 0 Å². The molecule has 3 rings (SSSR count). The first-order valence-corrected chi connectivity index (χ1v) is 7.43. The maximum Gasteiger partial charge on any atom is 0.335 e. The molecule has 6 heteroatoms. The van der Waals surface area contributed by atoms with Gasteiger partial charge in [0, 0.05) is 17.6 Å². The molecular weight excluding hydrogens is 330 g/mol. The first kappa shape index (κ1) is 16.0. The lowest BCUT2D eigenvalue weighted by Gasteiger charge is -2.26. The Kier molecular flexibility index (Phi) is 3.95. The summed E-state index contributed by atoms with van der Waals surface area (Å²) in [4.78, 5) is 37.6. The standard InChI is InChI=1S/C18H12ClNO4/c1-20-15-7-4-11(18(23)24)9-13(15)16(21)14(17(20)22)8-10-2-5-12(19)6-3-10/h2-9H,1H3,(H,23,24). The van der Waals surface area contributed by atoms with Gasteiger partial charge in [-0.2, -0.15) is 0 Å². The van der Waals surface area contributed by atoms with Gasteiger partial charge < -0.3 is 10.0 Å². The average molecular weight is 342 g/mol. The van der Waals surface area contributed by atoms with Crippen molar-refractivity contribution in [3.63, 3.8) is 0 Å². The van der Waals surface area contributed by atoms with Crippen LogP contribution in [-0.4, -0.2) is 29.8 Å². The highest BCUT2D eigenvalue weighted by molar-refractivity contribution is 6.36. The summed E-state index contributed by atoms with van der Waals surface area (Å²) < 4.78 is 0. The molecule has 0 saturated heterocycles. The number of carboxylic acids is 1. The summed E-state index contributed by atoms with van der Waals surface area (Å²) in [7, 11) is 1.55. The second-order valence-electron chi connectivity index (χ2n) is 5.34. The first-order valence-electron chi connectivity index (χ1n) is 7.06. The van der Waals surface area contributed by atoms with Gasteiger partial charge in [-0.1, -0.05) is 23.7 Å². The number of aromatic carboxylic acids is 1. The van der Waals surface area contributed by atoms with E-state index in [1.54, 1.807) is 31.3 Å². The third-order valence-electron chi connectivity index (χ3n) is 3.81. The van der Waals surface area contributed by atoms with E-state index in [0.29, 0.717) is 16.3 Å². The van der Waals surface area contributed by atoms with Gasteiger partial charge in [-0.05, 0) is 42.0 Å². The minimum absolute atomic E-state index is 0.00399. The number of halogens is 1. The topological polar surface area (TPSA) is 74.7 Å². The van der Waals surface area contributed by atoms with Crippen molar-refractivity contribution in [2.75, 3.05) is 11.9 Å². The lowest BCUT2D eigenvalue weighted by molar-refractivity contribution is -0.114. The van der Waals surface area contributed by atoms with E-state index >= 15 is 0 Å². The third-order valence-corrected chi connectivity index (χ3v) is 4.06. The molecule has 1 N–H and O–H groups in total. The highest BCUT2D eigenvalue weighted by Crippen LogP contribution is 2.31. The Morgan fingerprint density at radius 2 is 1.79 bits per heavy atom. The molecule has 0 aliphatic carbocycles. The molecule has 0 unspecified atom stereocenters. The van der Waals surface area contributed by atoms with Gasteiger partial charge in [0.1, 0.15) is 0 Å². The van der Waals surface area contributed by atoms with Crippen molar-refractivity contribution in [1.29, 1.82) is 0 Å². The SMILES string of the molecule is CN1C(=O)C(=Cc2ccc(Cl)cc2)C(=O)c2cc(C(=O)O)ccc21. The number of Topliss-reactive ketones (excluding diaryl/α,β-unsaturated/α-hetero) is 1. The van der Waals surface area contributed by atoms with E-state index in [4.69, 9.17) is 16.7 Å². The molecule has 1 amide bonds. The number of hydrogen-bond donors (Lipinski definition) is 1. The van der Waals surface area contributed by atoms with Crippen LogP contribution in [0.4, 0.5) is 5.69 Å². The monoisotopic (exact) mass is 341 g/mol. The summed E-state index contributed by atoms with van der Waals surface area (Å²) in [5.41, 5.74) is 1.22. The Morgan fingerprint density at radius 1 is 1.12 bits per heavy atom. The molecule has 1 aliphatic heterocycles. The second kappa shape index (κ2) is 5.94. The predicted octanol–water partition coefficient (Wildman–Crippen LogP) is 3.28. The van der Waals surface area contributed by atoms with E-state index in [2.05, 4.69) is 0 Å². The number of anilines is 1. The average Bonchev–Trinajstić information content (AvgIpc) is 2.58. The number of nitrogens with zero attached hydrogens (tertiary/aromatic N) is 1. The molecule has 1 aliphatic rings. The maximum atomic E-state index is 12.7. The number of fused-ring (bicyclic) bond motifs is 1. The Morgan fingerprint density at radius 3 is 2.42 bits per heavy atom. The maximum absolute atomic E-state index is 12.7. The van der Waals surface area contributed by atoms with Crippen molar-refractivity contribution in [2.24, 2.45) is 0 Å². The summed E-state index contributed by atoms with van der Waals surface area (Å²) >= 11 is 5.83. The smallest absolute Gasteiger partial charge is 0.335 e. The zero-order chi connectivity index (χ0) is 17.4. The van der Waals surface area contributed by atoms with Crippen molar-refractivity contribution in [2.45, 2.75) is 0 Å². The van der Waals surface area contributed by atoms with Crippen LogP contribution in [0.2, 0.25) is 5.02 Å². The third kappa shape index (κ3) is 2.70. The molecule has 0 bridgehead atoms. The summed E-state index contributed by atoms with van der Waals surface area (Å²) in [6.45, 7) is 0. The van der Waals surface area contributed by atoms with Crippen molar-refractivity contribution in [3.8, 4) is 0 Å². The lowest BCUT2D eigenvalue weighted by Crippen LogP contribution is -2.36. The number of benzene rings is 2. The second-order valence-corrected chi connectivity index (χ2v) is 5.78. The molecule has 1 heterocycles. The van der Waals surface area contributed by atoms with E-state index in [-0.39, 0.29) is 16.7 Å². The molecule has 2 aromatic carbocycles. The van der Waals surface area contributed by atoms with Gasteiger partial charge in [0.15, 0.2) is 0 Å². The molecule has 0 spiro atoms. The largest absolute Gasteiger partial charge is 0.478 e. The van der Waals surface area contributed by atoms with Gasteiger partial charge in [0.25, 0.3) is 5.91 Å². The van der Waals surface area contributed by atoms with Crippen molar-refractivity contribution >= 4 is 41.0 Å². The molecule has 0 fully saturated rings. The predicted molar refractivity (Wildman–Crippen MR) is 90.6 cm³/mol. The quantitative estimate of drug-likeness (QED) is 0.672. The zero-order valence-electron chi connectivity index (χ0n) is 12.6. The van der Waals surface area contributed by atoms with Gasteiger partial charge in [-0.25, -0.2) is 4.79 Å². The molecule has 5 nitrogen and oxygen atoms in total. The number of likely N-dealkylation sites (N-methyl/N-ethyl adjacent to an activating group) is 1. The van der Waals surface area contributed by atoms with Crippen LogP contribution in [0, 0.1) is 0 Å². The van der Waals surface area contributed by atoms with Gasteiger partial charge in [-0.3, -0.25) is 9.59 Å². The van der Waals surface area contributed by atoms with Gasteiger partial charge in [0.05, 0.1) is 16.8 Å². The highest BCUT2D eigenvalue weighted by Gasteiger charge is 2.33. The Hall–Kier alpha value is -2.92. The van der Waals surface area contributed by atoms with Crippen molar-refractivity contribution < 1.29 is 19.5 Å². The lowest BCUT2D eigenvalue weighted by atomic mass is 9.92. The first-order chi connectivity index (χ1) is 11.4. The van der Waals surface area contributed by atoms with Crippen molar-refractivity contribution in [3.05, 3.63) is 69.8 Å². The molecule has 0 atom stereocenters. The van der Waals surface area contributed by atoms with Gasteiger partial charge >= 0.3 is 5.97 Å². The van der Waals surface area contributed by atoms with E-state index in [1.807, 2.05) is 0 Å². The molecule has 0 aromatic heterocycles. The summed E-state index contributed by atoms with van der Waals surface area (Å²) in [6.07, 6.45) is 1.48. The fraction of sp³-hybridized carbons (Fsp3) is 0.0556. The molecule has 0 radical (unpaired) electrons. The van der Waals surface area contributed by atoms with Crippen molar-refractivity contribution in [1.82, 2.24) is 0 Å². The van der Waals surface area contributed by atoms with E-state index < -0.39 is 17.7 Å². The van der Waals surface area contributed by atoms with Crippen LogP contribution in [0.25, 0.3) is 6.08 Å². The summed E-state index contributed by atoms with van der Waals surface area (Å²) in [5.74, 6) is -2.06. The van der Waals surface area contributed by atoms with Crippen LogP contribution in [0.5, 0.6) is 0 Å². The molecular formula is C18H12ClNO4. The number of ketones is 1. The zero-order valence-corrected chi connectivity index (χ0v) is 13.4. The highest BCUT2D eigenvalue weighted by atomic mass is 35.5. The van der Waals surface area contributed by atoms with Crippen LogP contribution >= 0.6 is 11.6 Å². The molecule has 24 heavy (non-hydrogen) atoms. The fourth-order valence-electron chi connectivity index (χ4n) is 2.53. The van der Waals surface area contributed by atoms with Crippen LogP contribution in [0.1, 0.15) is 26.3 Å². The van der Waals surface area contributed by atoms with E-state index in [9.17, 15) is 14.4 Å². The minimum atomic E-state index is -1.13. The van der Waals surface area contributed by atoms with E-state index in [1.165, 1.54) is 29.2 Å².